The molecule has 0 saturated carbocycles. The number of aryl methyl sites for hydroxylation is 1. The molecule has 3 nitrogen and oxygen atoms in total. The van der Waals surface area contributed by atoms with Crippen LogP contribution >= 0.6 is 23.2 Å². The number of hydrogen-bond donors (Lipinski definition) is 0. The van der Waals surface area contributed by atoms with Crippen molar-refractivity contribution in [1.82, 2.24) is 15.0 Å². The number of fused-ring (bicyclic) bond motifs is 1. The zero-order chi connectivity index (χ0) is 13.4. The molecule has 1 unspecified atom stereocenters. The van der Waals surface area contributed by atoms with Gasteiger partial charge in [-0.3, -0.25) is 0 Å². The molecule has 0 aliphatic heterocycles. The Morgan fingerprint density at radius 3 is 2.47 bits per heavy atom. The average molecular weight is 292 g/mol. The number of nitrogens with zero attached hydrogens (tertiary/aromatic N) is 3. The maximum absolute atomic E-state index is 6.51. The van der Waals surface area contributed by atoms with Crippen molar-refractivity contribution in [2.24, 2.45) is 7.05 Å². The molecule has 96 valence electrons. The van der Waals surface area contributed by atoms with Gasteiger partial charge in [0.2, 0.25) is 0 Å². The fraction of sp³-hybridized carbons (Fsp3) is 0.143. The van der Waals surface area contributed by atoms with Crippen LogP contribution in [0.4, 0.5) is 0 Å². The van der Waals surface area contributed by atoms with Crippen LogP contribution in [0.3, 0.4) is 0 Å². The first kappa shape index (κ1) is 12.5. The minimum Gasteiger partial charge on any atom is -0.248 e. The van der Waals surface area contributed by atoms with Crippen LogP contribution in [0.15, 0.2) is 42.5 Å². The van der Waals surface area contributed by atoms with Gasteiger partial charge < -0.3 is 0 Å². The highest BCUT2D eigenvalue weighted by Gasteiger charge is 2.12. The van der Waals surface area contributed by atoms with Crippen molar-refractivity contribution in [3.63, 3.8) is 0 Å². The Balaban J connectivity index is 2.03. The Kier molecular flexibility index (Phi) is 3.17. The van der Waals surface area contributed by atoms with Gasteiger partial charge in [0.25, 0.3) is 0 Å². The summed E-state index contributed by atoms with van der Waals surface area (Å²) in [7, 11) is 1.87. The molecule has 1 atom stereocenters. The highest BCUT2D eigenvalue weighted by molar-refractivity contribution is 6.30. The van der Waals surface area contributed by atoms with Crippen LogP contribution in [-0.4, -0.2) is 15.0 Å². The summed E-state index contributed by atoms with van der Waals surface area (Å²) < 4.78 is 1.74. The van der Waals surface area contributed by atoms with Crippen LogP contribution in [0, 0.1) is 0 Å². The molecular weight excluding hydrogens is 281 g/mol. The van der Waals surface area contributed by atoms with E-state index in [4.69, 9.17) is 23.2 Å². The van der Waals surface area contributed by atoms with Gasteiger partial charge in [0.05, 0.1) is 10.9 Å². The maximum Gasteiger partial charge on any atom is 0.113 e. The van der Waals surface area contributed by atoms with Gasteiger partial charge in [-0.25, -0.2) is 4.68 Å². The Labute approximate surface area is 120 Å². The van der Waals surface area contributed by atoms with E-state index in [0.29, 0.717) is 5.02 Å². The molecule has 1 aromatic heterocycles. The van der Waals surface area contributed by atoms with Gasteiger partial charge in [0, 0.05) is 12.1 Å². The lowest BCUT2D eigenvalue weighted by Gasteiger charge is -2.10. The molecule has 5 heteroatoms. The largest absolute Gasteiger partial charge is 0.248 e. The molecule has 0 aliphatic rings. The lowest BCUT2D eigenvalue weighted by Crippen LogP contribution is -1.95. The molecule has 0 aliphatic carbocycles. The Bertz CT molecular complexity index is 719. The van der Waals surface area contributed by atoms with Gasteiger partial charge in [-0.2, -0.15) is 0 Å². The lowest BCUT2D eigenvalue weighted by atomic mass is 10.0. The number of benzene rings is 2. The van der Waals surface area contributed by atoms with Crippen LogP contribution in [0.1, 0.15) is 16.5 Å². The molecule has 0 spiro atoms. The van der Waals surface area contributed by atoms with E-state index < -0.39 is 0 Å². The number of halogens is 2. The first-order valence-corrected chi connectivity index (χ1v) is 6.65. The Morgan fingerprint density at radius 2 is 1.74 bits per heavy atom. The van der Waals surface area contributed by atoms with Crippen molar-refractivity contribution >= 4 is 34.2 Å². The van der Waals surface area contributed by atoms with Gasteiger partial charge in [-0.05, 0) is 35.4 Å². The van der Waals surface area contributed by atoms with Gasteiger partial charge in [-0.1, -0.05) is 35.0 Å². The van der Waals surface area contributed by atoms with Crippen molar-refractivity contribution in [1.29, 1.82) is 0 Å². The summed E-state index contributed by atoms with van der Waals surface area (Å²) in [6.45, 7) is 0. The summed E-state index contributed by atoms with van der Waals surface area (Å²) in [6, 6.07) is 13.5. The third kappa shape index (κ3) is 2.31. The SMILES string of the molecule is Cn1nnc2ccc(C(Cl)c3ccc(Cl)cc3)cc21. The molecule has 3 aromatic rings. The fourth-order valence-electron chi connectivity index (χ4n) is 2.03. The first-order valence-electron chi connectivity index (χ1n) is 5.84. The van der Waals surface area contributed by atoms with Crippen LogP contribution in [0.2, 0.25) is 5.02 Å². The summed E-state index contributed by atoms with van der Waals surface area (Å²) in [6.07, 6.45) is 0. The minimum atomic E-state index is -0.212. The summed E-state index contributed by atoms with van der Waals surface area (Å²) in [5, 5.41) is 8.54. The van der Waals surface area contributed by atoms with Gasteiger partial charge in [0.1, 0.15) is 5.52 Å². The smallest absolute Gasteiger partial charge is 0.113 e. The molecule has 0 radical (unpaired) electrons. The topological polar surface area (TPSA) is 30.7 Å². The second-order valence-corrected chi connectivity index (χ2v) is 5.25. The predicted molar refractivity (Wildman–Crippen MR) is 77.7 cm³/mol. The van der Waals surface area contributed by atoms with Crippen LogP contribution in [0.5, 0.6) is 0 Å². The molecule has 0 saturated heterocycles. The molecule has 0 amide bonds. The second-order valence-electron chi connectivity index (χ2n) is 4.38. The Morgan fingerprint density at radius 1 is 1.05 bits per heavy atom. The molecular formula is C14H11Cl2N3. The highest BCUT2D eigenvalue weighted by Crippen LogP contribution is 2.30. The zero-order valence-corrected chi connectivity index (χ0v) is 11.7. The van der Waals surface area contributed by atoms with E-state index in [1.165, 1.54) is 0 Å². The molecule has 19 heavy (non-hydrogen) atoms. The van der Waals surface area contributed by atoms with E-state index in [2.05, 4.69) is 10.3 Å². The lowest BCUT2D eigenvalue weighted by molar-refractivity contribution is 0.736. The van der Waals surface area contributed by atoms with Gasteiger partial charge in [0.15, 0.2) is 0 Å². The van der Waals surface area contributed by atoms with E-state index in [0.717, 1.165) is 22.2 Å². The van der Waals surface area contributed by atoms with Crippen molar-refractivity contribution in [2.75, 3.05) is 0 Å². The van der Waals surface area contributed by atoms with E-state index >= 15 is 0 Å². The van der Waals surface area contributed by atoms with Crippen LogP contribution in [0.25, 0.3) is 11.0 Å². The molecule has 0 fully saturated rings. The molecule has 2 aromatic carbocycles. The molecule has 0 bridgehead atoms. The third-order valence-electron chi connectivity index (χ3n) is 3.09. The summed E-state index contributed by atoms with van der Waals surface area (Å²) in [5.74, 6) is 0. The van der Waals surface area contributed by atoms with Gasteiger partial charge in [-0.15, -0.1) is 16.7 Å². The van der Waals surface area contributed by atoms with Crippen LogP contribution < -0.4 is 0 Å². The summed E-state index contributed by atoms with van der Waals surface area (Å²) >= 11 is 12.4. The fourth-order valence-corrected chi connectivity index (χ4v) is 2.44. The van der Waals surface area contributed by atoms with Crippen molar-refractivity contribution < 1.29 is 0 Å². The molecule has 1 heterocycles. The molecule has 0 N–H and O–H groups in total. The standard InChI is InChI=1S/C14H11Cl2N3/c1-19-13-8-10(4-7-12(13)17-18-19)14(16)9-2-5-11(15)6-3-9/h2-8,14H,1H3. The van der Waals surface area contributed by atoms with E-state index in [9.17, 15) is 0 Å². The highest BCUT2D eigenvalue weighted by atomic mass is 35.5. The normalized spacial score (nSPS) is 12.8. The van der Waals surface area contributed by atoms with Crippen LogP contribution in [-0.2, 0) is 7.05 Å². The number of rotatable bonds is 2. The Hall–Kier alpha value is -1.58. The first-order chi connectivity index (χ1) is 9.15. The maximum atomic E-state index is 6.51. The van der Waals surface area contributed by atoms with Crippen molar-refractivity contribution in [3.05, 3.63) is 58.6 Å². The number of aromatic nitrogens is 3. The summed E-state index contributed by atoms with van der Waals surface area (Å²) in [4.78, 5) is 0. The quantitative estimate of drug-likeness (QED) is 0.670. The predicted octanol–water partition coefficient (Wildman–Crippen LogP) is 3.95. The number of hydrogen-bond acceptors (Lipinski definition) is 2. The third-order valence-corrected chi connectivity index (χ3v) is 3.85. The average Bonchev–Trinajstić information content (AvgIpc) is 2.80. The van der Waals surface area contributed by atoms with E-state index in [-0.39, 0.29) is 5.38 Å². The number of alkyl halides is 1. The second kappa shape index (κ2) is 4.83. The van der Waals surface area contributed by atoms with Crippen molar-refractivity contribution in [3.8, 4) is 0 Å². The zero-order valence-electron chi connectivity index (χ0n) is 10.2. The van der Waals surface area contributed by atoms with Gasteiger partial charge >= 0.3 is 0 Å². The monoisotopic (exact) mass is 291 g/mol. The molecule has 3 rings (SSSR count). The van der Waals surface area contributed by atoms with E-state index in [1.807, 2.05) is 49.5 Å². The minimum absolute atomic E-state index is 0.212. The van der Waals surface area contributed by atoms with E-state index in [1.54, 1.807) is 4.68 Å². The van der Waals surface area contributed by atoms with Crippen molar-refractivity contribution in [2.45, 2.75) is 5.38 Å². The summed E-state index contributed by atoms with van der Waals surface area (Å²) in [5.41, 5.74) is 3.87.